The molecule has 8 heteroatoms. The molecule has 1 aliphatic rings. The predicted molar refractivity (Wildman–Crippen MR) is 118 cm³/mol. The van der Waals surface area contributed by atoms with E-state index in [4.69, 9.17) is 5.10 Å². The standard InChI is InChI=1S/C23H26N6O2/c1-23(2,31)18-12-19-15(14-29(27-19)16-7-4-3-5-8-16)11-20(18)26-22(30)17-13-25-28-10-6-9-24-21(17)28/h6,9-14,16,31H,3-5,7-8H2,1-2H3,(H,26,30). The van der Waals surface area contributed by atoms with Crippen LogP contribution in [0.3, 0.4) is 0 Å². The molecule has 1 aromatic carbocycles. The second-order valence-corrected chi connectivity index (χ2v) is 8.82. The molecule has 3 heterocycles. The number of carbonyl (C=O) groups excluding carboxylic acids is 1. The summed E-state index contributed by atoms with van der Waals surface area (Å²) in [5.41, 5.74) is 1.70. The van der Waals surface area contributed by atoms with Gasteiger partial charge in [0, 0.05) is 35.2 Å². The Morgan fingerprint density at radius 2 is 2.03 bits per heavy atom. The third-order valence-corrected chi connectivity index (χ3v) is 6.04. The Morgan fingerprint density at radius 1 is 1.23 bits per heavy atom. The first-order valence-electron chi connectivity index (χ1n) is 10.8. The van der Waals surface area contributed by atoms with E-state index < -0.39 is 5.60 Å². The maximum Gasteiger partial charge on any atom is 0.261 e. The van der Waals surface area contributed by atoms with Gasteiger partial charge in [-0.05, 0) is 44.9 Å². The van der Waals surface area contributed by atoms with E-state index in [0.717, 1.165) is 23.7 Å². The summed E-state index contributed by atoms with van der Waals surface area (Å²) in [5, 5.41) is 23.7. The number of aromatic nitrogens is 5. The first kappa shape index (κ1) is 19.7. The molecular formula is C23H26N6O2. The van der Waals surface area contributed by atoms with Crippen molar-refractivity contribution in [2.75, 3.05) is 5.32 Å². The summed E-state index contributed by atoms with van der Waals surface area (Å²) < 4.78 is 3.61. The summed E-state index contributed by atoms with van der Waals surface area (Å²) in [7, 11) is 0. The van der Waals surface area contributed by atoms with Crippen molar-refractivity contribution in [2.45, 2.75) is 57.6 Å². The van der Waals surface area contributed by atoms with Crippen LogP contribution in [0.25, 0.3) is 16.6 Å². The summed E-state index contributed by atoms with van der Waals surface area (Å²) in [6.45, 7) is 3.41. The largest absolute Gasteiger partial charge is 0.386 e. The Morgan fingerprint density at radius 3 is 2.81 bits per heavy atom. The number of hydrogen-bond donors (Lipinski definition) is 2. The Balaban J connectivity index is 1.53. The zero-order chi connectivity index (χ0) is 21.6. The number of hydrogen-bond acceptors (Lipinski definition) is 5. The highest BCUT2D eigenvalue weighted by molar-refractivity contribution is 6.09. The molecule has 1 fully saturated rings. The van der Waals surface area contributed by atoms with Crippen LogP contribution in [0.1, 0.15) is 67.9 Å². The monoisotopic (exact) mass is 418 g/mol. The second kappa shape index (κ2) is 7.46. The van der Waals surface area contributed by atoms with Gasteiger partial charge in [-0.3, -0.25) is 9.48 Å². The van der Waals surface area contributed by atoms with Gasteiger partial charge in [0.05, 0.1) is 23.4 Å². The van der Waals surface area contributed by atoms with Gasteiger partial charge in [0.2, 0.25) is 0 Å². The number of benzene rings is 1. The van der Waals surface area contributed by atoms with E-state index in [0.29, 0.717) is 28.5 Å². The lowest BCUT2D eigenvalue weighted by Gasteiger charge is -2.22. The SMILES string of the molecule is CC(C)(O)c1cc2nn(C3CCCCC3)cc2cc1NC(=O)c1cnn2cccnc12. The van der Waals surface area contributed by atoms with Crippen LogP contribution in [0.15, 0.2) is 43.0 Å². The molecule has 31 heavy (non-hydrogen) atoms. The molecule has 1 aliphatic carbocycles. The Hall–Kier alpha value is -3.26. The molecule has 1 amide bonds. The average Bonchev–Trinajstić information content (AvgIpc) is 3.37. The number of nitrogens with zero attached hydrogens (tertiary/aromatic N) is 5. The number of fused-ring (bicyclic) bond motifs is 2. The van der Waals surface area contributed by atoms with Gasteiger partial charge in [-0.1, -0.05) is 19.3 Å². The summed E-state index contributed by atoms with van der Waals surface area (Å²) in [6.07, 6.45) is 12.9. The van der Waals surface area contributed by atoms with Gasteiger partial charge in [-0.15, -0.1) is 0 Å². The summed E-state index contributed by atoms with van der Waals surface area (Å²) in [4.78, 5) is 17.3. The highest BCUT2D eigenvalue weighted by Crippen LogP contribution is 2.34. The van der Waals surface area contributed by atoms with Crippen molar-refractivity contribution < 1.29 is 9.90 Å². The number of amides is 1. The van der Waals surface area contributed by atoms with E-state index in [1.54, 1.807) is 36.8 Å². The third-order valence-electron chi connectivity index (χ3n) is 6.04. The van der Waals surface area contributed by atoms with Crippen LogP contribution in [-0.4, -0.2) is 35.4 Å². The van der Waals surface area contributed by atoms with Crippen molar-refractivity contribution in [3.8, 4) is 0 Å². The lowest BCUT2D eigenvalue weighted by atomic mass is 9.95. The molecule has 4 aromatic rings. The number of nitrogens with one attached hydrogen (secondary N) is 1. The maximum absolute atomic E-state index is 13.1. The lowest BCUT2D eigenvalue weighted by molar-refractivity contribution is 0.0794. The van der Waals surface area contributed by atoms with E-state index >= 15 is 0 Å². The Bertz CT molecular complexity index is 1260. The molecule has 0 atom stereocenters. The minimum atomic E-state index is -1.15. The lowest BCUT2D eigenvalue weighted by Crippen LogP contribution is -2.21. The smallest absolute Gasteiger partial charge is 0.261 e. The minimum absolute atomic E-state index is 0.321. The van der Waals surface area contributed by atoms with Gasteiger partial charge < -0.3 is 10.4 Å². The molecule has 5 rings (SSSR count). The fourth-order valence-electron chi connectivity index (χ4n) is 4.41. The topological polar surface area (TPSA) is 97.3 Å². The number of rotatable bonds is 4. The molecule has 0 spiro atoms. The molecule has 2 N–H and O–H groups in total. The van der Waals surface area contributed by atoms with Gasteiger partial charge in [-0.2, -0.15) is 10.2 Å². The Kier molecular flexibility index (Phi) is 4.74. The molecule has 3 aromatic heterocycles. The number of aliphatic hydroxyl groups is 1. The van der Waals surface area contributed by atoms with Crippen molar-refractivity contribution in [2.24, 2.45) is 0 Å². The Labute approximate surface area is 179 Å². The fraction of sp³-hybridized carbons (Fsp3) is 0.391. The molecule has 0 bridgehead atoms. The van der Waals surface area contributed by atoms with Crippen LogP contribution in [0.2, 0.25) is 0 Å². The quantitative estimate of drug-likeness (QED) is 0.521. The fourth-order valence-corrected chi connectivity index (χ4v) is 4.41. The van der Waals surface area contributed by atoms with Crippen molar-refractivity contribution >= 4 is 28.1 Å². The van der Waals surface area contributed by atoms with Crippen LogP contribution >= 0.6 is 0 Å². The van der Waals surface area contributed by atoms with Crippen LogP contribution in [0.5, 0.6) is 0 Å². The van der Waals surface area contributed by atoms with Crippen LogP contribution in [0, 0.1) is 0 Å². The van der Waals surface area contributed by atoms with Crippen molar-refractivity contribution in [3.05, 3.63) is 54.1 Å². The van der Waals surface area contributed by atoms with Crippen LogP contribution < -0.4 is 5.32 Å². The molecular weight excluding hydrogens is 392 g/mol. The first-order valence-corrected chi connectivity index (χ1v) is 10.8. The molecule has 0 radical (unpaired) electrons. The highest BCUT2D eigenvalue weighted by Gasteiger charge is 2.25. The summed E-state index contributed by atoms with van der Waals surface area (Å²) >= 11 is 0. The van der Waals surface area contributed by atoms with E-state index in [-0.39, 0.29) is 5.91 Å². The number of carbonyl (C=O) groups is 1. The molecule has 0 saturated heterocycles. The van der Waals surface area contributed by atoms with E-state index in [9.17, 15) is 9.90 Å². The highest BCUT2D eigenvalue weighted by atomic mass is 16.3. The van der Waals surface area contributed by atoms with Crippen LogP contribution in [-0.2, 0) is 5.60 Å². The summed E-state index contributed by atoms with van der Waals surface area (Å²) in [6, 6.07) is 5.94. The van der Waals surface area contributed by atoms with E-state index in [2.05, 4.69) is 20.1 Å². The van der Waals surface area contributed by atoms with Crippen molar-refractivity contribution in [3.63, 3.8) is 0 Å². The summed E-state index contributed by atoms with van der Waals surface area (Å²) in [5.74, 6) is -0.321. The van der Waals surface area contributed by atoms with Gasteiger partial charge in [0.25, 0.3) is 5.91 Å². The van der Waals surface area contributed by atoms with Gasteiger partial charge >= 0.3 is 0 Å². The van der Waals surface area contributed by atoms with Crippen molar-refractivity contribution in [1.82, 2.24) is 24.4 Å². The third kappa shape index (κ3) is 3.67. The molecule has 160 valence electrons. The normalized spacial score (nSPS) is 15.6. The molecule has 8 nitrogen and oxygen atoms in total. The first-order chi connectivity index (χ1) is 14.9. The zero-order valence-electron chi connectivity index (χ0n) is 17.7. The predicted octanol–water partition coefficient (Wildman–Crippen LogP) is 4.06. The molecule has 0 unspecified atom stereocenters. The van der Waals surface area contributed by atoms with E-state index in [1.807, 2.05) is 18.3 Å². The van der Waals surface area contributed by atoms with Crippen molar-refractivity contribution in [1.29, 1.82) is 0 Å². The van der Waals surface area contributed by atoms with Crippen LogP contribution in [0.4, 0.5) is 5.69 Å². The number of anilines is 1. The van der Waals surface area contributed by atoms with Gasteiger partial charge in [0.1, 0.15) is 5.56 Å². The second-order valence-electron chi connectivity index (χ2n) is 8.82. The van der Waals surface area contributed by atoms with Gasteiger partial charge in [0.15, 0.2) is 5.65 Å². The van der Waals surface area contributed by atoms with Gasteiger partial charge in [-0.25, -0.2) is 9.50 Å². The molecule has 0 aliphatic heterocycles. The zero-order valence-corrected chi connectivity index (χ0v) is 17.7. The molecule has 1 saturated carbocycles. The minimum Gasteiger partial charge on any atom is -0.386 e. The maximum atomic E-state index is 13.1. The van der Waals surface area contributed by atoms with E-state index in [1.165, 1.54) is 25.5 Å². The average molecular weight is 419 g/mol.